The second-order valence-electron chi connectivity index (χ2n) is 4.97. The molecule has 1 aromatic heterocycles. The van der Waals surface area contributed by atoms with Crippen molar-refractivity contribution in [3.63, 3.8) is 0 Å². The Labute approximate surface area is 140 Å². The molecule has 21 heavy (non-hydrogen) atoms. The lowest BCUT2D eigenvalue weighted by molar-refractivity contribution is 0.952. The summed E-state index contributed by atoms with van der Waals surface area (Å²) in [6.07, 6.45) is 0. The van der Waals surface area contributed by atoms with Crippen molar-refractivity contribution in [1.29, 1.82) is 0 Å². The summed E-state index contributed by atoms with van der Waals surface area (Å²) in [5.41, 5.74) is 3.38. The summed E-state index contributed by atoms with van der Waals surface area (Å²) in [4.78, 5) is 17.1. The monoisotopic (exact) mass is 410 g/mol. The summed E-state index contributed by atoms with van der Waals surface area (Å²) in [5.74, 6) is 0. The Morgan fingerprint density at radius 1 is 1.14 bits per heavy atom. The fraction of sp³-hybridized carbons (Fsp3) is 0.125. The van der Waals surface area contributed by atoms with Gasteiger partial charge in [-0.25, -0.2) is 4.98 Å². The van der Waals surface area contributed by atoms with Crippen LogP contribution in [0.2, 0.25) is 5.28 Å². The molecule has 3 aromatic rings. The number of nitrogens with zero attached hydrogens (tertiary/aromatic N) is 2. The van der Waals surface area contributed by atoms with E-state index in [1.54, 1.807) is 0 Å². The summed E-state index contributed by atoms with van der Waals surface area (Å²) in [5, 5.41) is 0.756. The van der Waals surface area contributed by atoms with Gasteiger partial charge in [-0.05, 0) is 77.9 Å². The van der Waals surface area contributed by atoms with E-state index in [-0.39, 0.29) is 10.8 Å². The van der Waals surface area contributed by atoms with Gasteiger partial charge in [-0.2, -0.15) is 0 Å². The van der Waals surface area contributed by atoms with Crippen molar-refractivity contribution in [2.45, 2.75) is 13.8 Å². The fourth-order valence-electron chi connectivity index (χ4n) is 2.40. The summed E-state index contributed by atoms with van der Waals surface area (Å²) >= 11 is 8.43. The van der Waals surface area contributed by atoms with Gasteiger partial charge in [-0.1, -0.05) is 17.7 Å². The number of aromatic nitrogens is 2. The standard InChI is InChI=1S/C16H12ClIN2O/c1-9-3-6-14(10(2)7-9)20-15(21)12-8-11(18)4-5-13(12)19-16(20)17/h3-8H,1-2H3. The quantitative estimate of drug-likeness (QED) is 0.444. The first kappa shape index (κ1) is 14.5. The third kappa shape index (κ3) is 2.58. The molecular weight excluding hydrogens is 399 g/mol. The van der Waals surface area contributed by atoms with Gasteiger partial charge in [0.1, 0.15) is 0 Å². The van der Waals surface area contributed by atoms with E-state index < -0.39 is 0 Å². The Bertz CT molecular complexity index is 918. The molecule has 0 atom stereocenters. The predicted octanol–water partition coefficient (Wildman–Crippen LogP) is 4.26. The highest BCUT2D eigenvalue weighted by Gasteiger charge is 2.13. The van der Waals surface area contributed by atoms with Gasteiger partial charge in [-0.3, -0.25) is 9.36 Å². The first-order valence-corrected chi connectivity index (χ1v) is 7.88. The number of fused-ring (bicyclic) bond motifs is 1. The minimum Gasteiger partial charge on any atom is -0.268 e. The van der Waals surface area contributed by atoms with E-state index in [4.69, 9.17) is 11.6 Å². The topological polar surface area (TPSA) is 34.9 Å². The molecule has 3 rings (SSSR count). The van der Waals surface area contributed by atoms with Crippen LogP contribution >= 0.6 is 34.2 Å². The first-order chi connectivity index (χ1) is 9.97. The van der Waals surface area contributed by atoms with Crippen LogP contribution in [0.4, 0.5) is 0 Å². The lowest BCUT2D eigenvalue weighted by Crippen LogP contribution is -2.21. The average Bonchev–Trinajstić information content (AvgIpc) is 2.42. The Balaban J connectivity index is 2.40. The SMILES string of the molecule is Cc1ccc(-n2c(Cl)nc3ccc(I)cc3c2=O)c(C)c1. The van der Waals surface area contributed by atoms with Crippen molar-refractivity contribution in [2.75, 3.05) is 0 Å². The zero-order valence-corrected chi connectivity index (χ0v) is 14.4. The number of hydrogen-bond acceptors (Lipinski definition) is 2. The molecule has 0 amide bonds. The van der Waals surface area contributed by atoms with E-state index >= 15 is 0 Å². The van der Waals surface area contributed by atoms with E-state index in [0.29, 0.717) is 10.9 Å². The van der Waals surface area contributed by atoms with Crippen LogP contribution in [0.15, 0.2) is 41.2 Å². The van der Waals surface area contributed by atoms with Crippen molar-refractivity contribution in [3.8, 4) is 5.69 Å². The molecule has 2 aromatic carbocycles. The lowest BCUT2D eigenvalue weighted by Gasteiger charge is -2.12. The second-order valence-corrected chi connectivity index (χ2v) is 6.56. The number of hydrogen-bond donors (Lipinski definition) is 0. The van der Waals surface area contributed by atoms with Crippen molar-refractivity contribution >= 4 is 45.1 Å². The molecule has 106 valence electrons. The first-order valence-electron chi connectivity index (χ1n) is 6.43. The van der Waals surface area contributed by atoms with Gasteiger partial charge in [0.15, 0.2) is 0 Å². The number of aryl methyl sites for hydroxylation is 2. The zero-order chi connectivity index (χ0) is 15.1. The summed E-state index contributed by atoms with van der Waals surface area (Å²) < 4.78 is 2.46. The van der Waals surface area contributed by atoms with Crippen LogP contribution in [-0.2, 0) is 0 Å². The van der Waals surface area contributed by atoms with E-state index in [2.05, 4.69) is 27.6 Å². The fourth-order valence-corrected chi connectivity index (χ4v) is 3.15. The van der Waals surface area contributed by atoms with Gasteiger partial charge < -0.3 is 0 Å². The van der Waals surface area contributed by atoms with Crippen molar-refractivity contribution in [1.82, 2.24) is 9.55 Å². The van der Waals surface area contributed by atoms with Crippen molar-refractivity contribution < 1.29 is 0 Å². The molecule has 0 aliphatic heterocycles. The Hall–Kier alpha value is -1.40. The molecule has 0 bridgehead atoms. The Morgan fingerprint density at radius 2 is 1.90 bits per heavy atom. The average molecular weight is 411 g/mol. The molecule has 3 nitrogen and oxygen atoms in total. The van der Waals surface area contributed by atoms with Crippen molar-refractivity contribution in [3.05, 3.63) is 66.7 Å². The largest absolute Gasteiger partial charge is 0.268 e. The van der Waals surface area contributed by atoms with Crippen LogP contribution in [0.3, 0.4) is 0 Å². The third-order valence-electron chi connectivity index (χ3n) is 3.38. The minimum atomic E-state index is -0.143. The highest BCUT2D eigenvalue weighted by molar-refractivity contribution is 14.1. The van der Waals surface area contributed by atoms with Crippen LogP contribution in [0, 0.1) is 17.4 Å². The summed E-state index contributed by atoms with van der Waals surface area (Å²) in [6, 6.07) is 11.5. The number of rotatable bonds is 1. The summed E-state index contributed by atoms with van der Waals surface area (Å²) in [7, 11) is 0. The van der Waals surface area contributed by atoms with E-state index in [0.717, 1.165) is 20.4 Å². The zero-order valence-electron chi connectivity index (χ0n) is 11.5. The molecule has 0 spiro atoms. The second kappa shape index (κ2) is 5.42. The maximum Gasteiger partial charge on any atom is 0.266 e. The predicted molar refractivity (Wildman–Crippen MR) is 94.5 cm³/mol. The smallest absolute Gasteiger partial charge is 0.266 e. The molecule has 0 aliphatic rings. The van der Waals surface area contributed by atoms with Gasteiger partial charge in [0.2, 0.25) is 5.28 Å². The molecular formula is C16H12ClIN2O. The van der Waals surface area contributed by atoms with Crippen LogP contribution < -0.4 is 5.56 Å². The van der Waals surface area contributed by atoms with Gasteiger partial charge in [-0.15, -0.1) is 0 Å². The Kier molecular flexibility index (Phi) is 3.75. The molecule has 0 fully saturated rings. The molecule has 0 unspecified atom stereocenters. The van der Waals surface area contributed by atoms with Gasteiger partial charge in [0.25, 0.3) is 5.56 Å². The van der Waals surface area contributed by atoms with Gasteiger partial charge in [0, 0.05) is 3.57 Å². The molecule has 0 aliphatic carbocycles. The number of halogens is 2. The van der Waals surface area contributed by atoms with Gasteiger partial charge in [0.05, 0.1) is 16.6 Å². The molecule has 0 saturated carbocycles. The molecule has 5 heteroatoms. The highest BCUT2D eigenvalue weighted by Crippen LogP contribution is 2.21. The third-order valence-corrected chi connectivity index (χ3v) is 4.31. The lowest BCUT2D eigenvalue weighted by atomic mass is 10.1. The minimum absolute atomic E-state index is 0.143. The van der Waals surface area contributed by atoms with E-state index in [1.807, 2.05) is 50.2 Å². The van der Waals surface area contributed by atoms with Crippen LogP contribution in [0.5, 0.6) is 0 Å². The molecule has 0 saturated heterocycles. The van der Waals surface area contributed by atoms with Crippen LogP contribution in [0.25, 0.3) is 16.6 Å². The van der Waals surface area contributed by atoms with Crippen molar-refractivity contribution in [2.24, 2.45) is 0 Å². The molecule has 0 N–H and O–H groups in total. The van der Waals surface area contributed by atoms with Gasteiger partial charge >= 0.3 is 0 Å². The summed E-state index contributed by atoms with van der Waals surface area (Å²) in [6.45, 7) is 3.98. The maximum absolute atomic E-state index is 12.8. The molecule has 0 radical (unpaired) electrons. The van der Waals surface area contributed by atoms with E-state index in [1.165, 1.54) is 4.57 Å². The Morgan fingerprint density at radius 3 is 2.62 bits per heavy atom. The normalized spacial score (nSPS) is 11.0. The van der Waals surface area contributed by atoms with Crippen LogP contribution in [-0.4, -0.2) is 9.55 Å². The maximum atomic E-state index is 12.8. The molecule has 1 heterocycles. The highest BCUT2D eigenvalue weighted by atomic mass is 127. The number of benzene rings is 2. The van der Waals surface area contributed by atoms with E-state index in [9.17, 15) is 4.79 Å². The van der Waals surface area contributed by atoms with Crippen LogP contribution in [0.1, 0.15) is 11.1 Å².